The number of hydrogen-bond acceptors (Lipinski definition) is 5. The zero-order valence-electron chi connectivity index (χ0n) is 14.6. The number of benzene rings is 1. The van der Waals surface area contributed by atoms with Gasteiger partial charge in [-0.05, 0) is 0 Å². The molecule has 0 unspecified atom stereocenters. The van der Waals surface area contributed by atoms with Gasteiger partial charge in [-0.25, -0.2) is 0 Å². The van der Waals surface area contributed by atoms with E-state index in [-0.39, 0.29) is 20.3 Å². The molecule has 1 aromatic carbocycles. The van der Waals surface area contributed by atoms with E-state index >= 15 is 0 Å². The summed E-state index contributed by atoms with van der Waals surface area (Å²) in [6, 6.07) is 8.21. The molecule has 3 atom stereocenters. The van der Waals surface area contributed by atoms with Gasteiger partial charge in [0.15, 0.2) is 0 Å². The first kappa shape index (κ1) is 15.6. The van der Waals surface area contributed by atoms with Crippen LogP contribution in [0.25, 0.3) is 26.8 Å². The third-order valence-corrected chi connectivity index (χ3v) is 8.24. The Balaban J connectivity index is 1.48. The van der Waals surface area contributed by atoms with Gasteiger partial charge >= 0.3 is 161 Å². The molecular formula is C19H18N6OSe. The topological polar surface area (TPSA) is 88.5 Å². The summed E-state index contributed by atoms with van der Waals surface area (Å²) < 4.78 is 2.78. The Morgan fingerprint density at radius 1 is 1.19 bits per heavy atom. The molecule has 0 spiro atoms. The van der Waals surface area contributed by atoms with Crippen molar-refractivity contribution in [1.82, 2.24) is 23.5 Å². The van der Waals surface area contributed by atoms with Crippen LogP contribution in [0.1, 0.15) is 25.7 Å². The SMILES string of the molecule is O=c1c2ccccc2[se]n1-c1nc(N[C@@H]2C[C@@H]3CC[C@@H]2C3)c2[nH]cnc2n1. The van der Waals surface area contributed by atoms with Crippen LogP contribution in [0.4, 0.5) is 5.82 Å². The van der Waals surface area contributed by atoms with E-state index in [2.05, 4.69) is 20.3 Å². The van der Waals surface area contributed by atoms with Crippen LogP contribution in [0, 0.1) is 11.8 Å². The van der Waals surface area contributed by atoms with E-state index in [1.807, 2.05) is 24.3 Å². The minimum atomic E-state index is -0.151. The maximum atomic E-state index is 12.8. The number of imidazole rings is 1. The Morgan fingerprint density at radius 2 is 2.11 bits per heavy atom. The Bertz CT molecular complexity index is 1220. The monoisotopic (exact) mass is 426 g/mol. The number of aromatic amines is 1. The van der Waals surface area contributed by atoms with E-state index in [4.69, 9.17) is 4.98 Å². The van der Waals surface area contributed by atoms with Crippen molar-refractivity contribution in [2.24, 2.45) is 11.8 Å². The van der Waals surface area contributed by atoms with Crippen LogP contribution in [0.15, 0.2) is 35.4 Å². The molecular weight excluding hydrogens is 407 g/mol. The number of anilines is 1. The molecule has 2 bridgehead atoms. The third kappa shape index (κ3) is 2.40. The summed E-state index contributed by atoms with van der Waals surface area (Å²) in [6.45, 7) is 0. The predicted octanol–water partition coefficient (Wildman–Crippen LogP) is 2.31. The number of rotatable bonds is 3. The van der Waals surface area contributed by atoms with Gasteiger partial charge in [0.1, 0.15) is 0 Å². The standard InChI is InChI=1S/C19H18N6OSe/c26-18-12-3-1-2-4-14(12)27-25(18)19-23-16-15(20-9-21-16)17(24-19)22-13-8-10-5-6-11(13)7-10/h1-4,9-11,13H,5-8H2,(H2,20,21,22,23,24)/t10-,11-,13-/m1/s1. The fraction of sp³-hybridized carbons (Fsp3) is 0.368. The second kappa shape index (κ2) is 5.78. The number of hydrogen-bond donors (Lipinski definition) is 2. The number of aromatic nitrogens is 5. The normalized spacial score (nSPS) is 24.2. The van der Waals surface area contributed by atoms with Gasteiger partial charge in [-0.1, -0.05) is 0 Å². The van der Waals surface area contributed by atoms with Crippen molar-refractivity contribution < 1.29 is 0 Å². The third-order valence-electron chi connectivity index (χ3n) is 6.01. The summed E-state index contributed by atoms with van der Waals surface area (Å²) in [5.74, 6) is 2.79. The quantitative estimate of drug-likeness (QED) is 0.492. The number of H-pyrrole nitrogens is 1. The van der Waals surface area contributed by atoms with Crippen molar-refractivity contribution in [3.8, 4) is 5.95 Å². The Morgan fingerprint density at radius 3 is 2.93 bits per heavy atom. The molecule has 3 aromatic heterocycles. The van der Waals surface area contributed by atoms with Crippen LogP contribution < -0.4 is 10.9 Å². The average molecular weight is 425 g/mol. The summed E-state index contributed by atoms with van der Waals surface area (Å²) in [5, 5.41) is 4.40. The summed E-state index contributed by atoms with van der Waals surface area (Å²) in [7, 11) is 0. The molecule has 8 heteroatoms. The van der Waals surface area contributed by atoms with Gasteiger partial charge in [0.05, 0.1) is 0 Å². The molecule has 0 aliphatic heterocycles. The molecule has 2 aliphatic carbocycles. The van der Waals surface area contributed by atoms with Crippen LogP contribution in [-0.4, -0.2) is 44.3 Å². The van der Waals surface area contributed by atoms with Crippen molar-refractivity contribution in [1.29, 1.82) is 0 Å². The van der Waals surface area contributed by atoms with Crippen LogP contribution in [0.3, 0.4) is 0 Å². The molecule has 3 heterocycles. The van der Waals surface area contributed by atoms with Gasteiger partial charge in [0.2, 0.25) is 0 Å². The van der Waals surface area contributed by atoms with Gasteiger partial charge in [-0.15, -0.1) is 0 Å². The molecule has 0 radical (unpaired) electrons. The first-order valence-electron chi connectivity index (χ1n) is 9.35. The zero-order valence-corrected chi connectivity index (χ0v) is 16.3. The van der Waals surface area contributed by atoms with Gasteiger partial charge in [-0.3, -0.25) is 0 Å². The number of nitrogens with one attached hydrogen (secondary N) is 2. The molecule has 136 valence electrons. The first-order chi connectivity index (χ1) is 13.3. The molecule has 0 amide bonds. The van der Waals surface area contributed by atoms with Gasteiger partial charge in [0.25, 0.3) is 0 Å². The summed E-state index contributed by atoms with van der Waals surface area (Å²) >= 11 is -0.151. The van der Waals surface area contributed by atoms with E-state index in [1.54, 1.807) is 9.89 Å². The molecule has 4 aromatic rings. The van der Waals surface area contributed by atoms with Crippen LogP contribution in [0.2, 0.25) is 0 Å². The fourth-order valence-electron chi connectivity index (χ4n) is 4.72. The Kier molecular flexibility index (Phi) is 3.34. The zero-order chi connectivity index (χ0) is 18.0. The van der Waals surface area contributed by atoms with Crippen LogP contribution in [-0.2, 0) is 0 Å². The van der Waals surface area contributed by atoms with Crippen molar-refractivity contribution >= 4 is 41.4 Å². The van der Waals surface area contributed by atoms with Gasteiger partial charge in [0, 0.05) is 0 Å². The van der Waals surface area contributed by atoms with Crippen molar-refractivity contribution in [2.75, 3.05) is 5.32 Å². The molecule has 27 heavy (non-hydrogen) atoms. The van der Waals surface area contributed by atoms with Crippen molar-refractivity contribution in [3.63, 3.8) is 0 Å². The second-order valence-corrected chi connectivity index (χ2v) is 9.66. The molecule has 2 N–H and O–H groups in total. The van der Waals surface area contributed by atoms with Crippen LogP contribution >= 0.6 is 0 Å². The number of nitrogens with zero attached hydrogens (tertiary/aromatic N) is 4. The maximum absolute atomic E-state index is 12.8. The van der Waals surface area contributed by atoms with Gasteiger partial charge in [-0.2, -0.15) is 0 Å². The van der Waals surface area contributed by atoms with E-state index in [1.165, 1.54) is 25.7 Å². The molecule has 7 nitrogen and oxygen atoms in total. The summed E-state index contributed by atoms with van der Waals surface area (Å²) in [4.78, 5) is 29.7. The van der Waals surface area contributed by atoms with Gasteiger partial charge < -0.3 is 0 Å². The Hall–Kier alpha value is -2.44. The van der Waals surface area contributed by atoms with Crippen molar-refractivity contribution in [2.45, 2.75) is 31.7 Å². The van der Waals surface area contributed by atoms with E-state index in [0.717, 1.165) is 32.8 Å². The van der Waals surface area contributed by atoms with E-state index in [9.17, 15) is 4.79 Å². The van der Waals surface area contributed by atoms with E-state index in [0.29, 0.717) is 17.6 Å². The first-order valence-corrected chi connectivity index (χ1v) is 11.0. The predicted molar refractivity (Wildman–Crippen MR) is 105 cm³/mol. The molecule has 0 saturated heterocycles. The fourth-order valence-corrected chi connectivity index (χ4v) is 6.68. The van der Waals surface area contributed by atoms with Crippen molar-refractivity contribution in [3.05, 3.63) is 40.9 Å². The average Bonchev–Trinajstić information content (AvgIpc) is 3.45. The molecule has 6 rings (SSSR count). The summed E-state index contributed by atoms with van der Waals surface area (Å²) in [5.41, 5.74) is 1.40. The summed E-state index contributed by atoms with van der Waals surface area (Å²) in [6.07, 6.45) is 6.83. The molecule has 2 fully saturated rings. The second-order valence-electron chi connectivity index (χ2n) is 7.59. The molecule has 2 saturated carbocycles. The van der Waals surface area contributed by atoms with E-state index < -0.39 is 0 Å². The molecule has 2 aliphatic rings. The Labute approximate surface area is 160 Å². The van der Waals surface area contributed by atoms with Crippen LogP contribution in [0.5, 0.6) is 0 Å². The minimum absolute atomic E-state index is 0.0219. The number of fused-ring (bicyclic) bond motifs is 4.